The zero-order chi connectivity index (χ0) is 39.4. The minimum Gasteiger partial charge on any atom is -0.368 e. The van der Waals surface area contributed by atoms with Gasteiger partial charge in [0.15, 0.2) is 5.82 Å². The molecule has 15 nitrogen and oxygen atoms in total. The molecule has 3 N–H and O–H groups in total. The van der Waals surface area contributed by atoms with Crippen LogP contribution in [0.2, 0.25) is 0 Å². The van der Waals surface area contributed by atoms with Crippen molar-refractivity contribution in [3.63, 3.8) is 0 Å². The normalized spacial score (nSPS) is 15.7. The number of carbonyl (C=O) groups excluding carboxylic acids is 3. The Morgan fingerprint density at radius 3 is 2.36 bits per heavy atom. The molecule has 2 aliphatic heterocycles. The number of aromatic nitrogens is 5. The molecule has 290 valence electrons. The van der Waals surface area contributed by atoms with Gasteiger partial charge in [-0.1, -0.05) is 50.2 Å². The molecule has 0 bridgehead atoms. The van der Waals surface area contributed by atoms with E-state index in [1.54, 1.807) is 4.90 Å². The van der Waals surface area contributed by atoms with Crippen molar-refractivity contribution < 1.29 is 18.9 Å². The zero-order valence-electron chi connectivity index (χ0n) is 32.4. The van der Waals surface area contributed by atoms with Crippen LogP contribution in [0, 0.1) is 6.92 Å². The first-order chi connectivity index (χ1) is 26.9. The molecular weight excluding hydrogens is 711 g/mol. The molecule has 4 amide bonds. The van der Waals surface area contributed by atoms with E-state index in [0.29, 0.717) is 30.4 Å². The second-order valence-corrected chi connectivity index (χ2v) is 15.3. The van der Waals surface area contributed by atoms with Crippen LogP contribution < -0.4 is 25.8 Å². The number of urea groups is 1. The molecule has 1 atom stereocenters. The summed E-state index contributed by atoms with van der Waals surface area (Å²) in [5, 5.41) is 12.6. The minimum absolute atomic E-state index is 0.0549. The van der Waals surface area contributed by atoms with Gasteiger partial charge in [0.25, 0.3) is 0 Å². The Bertz CT molecular complexity index is 2190. The van der Waals surface area contributed by atoms with Crippen molar-refractivity contribution in [3.05, 3.63) is 102 Å². The van der Waals surface area contributed by atoms with Crippen LogP contribution in [0.5, 0.6) is 0 Å². The standard InChI is InChI=1S/C41H47N11O4/c1-26-22-29(8-12-32(26)27(2)45-37(54)38-48-39(49-56-38)41(3,4)5)33-23-35(44-25-43-33)46-34-13-11-31(24-42-34)51-20-18-50(19-21-51)16-14-28-6-9-30(10-7-28)52-17-15-36(53)47-40(52)55/h6-13,22-25,27H,14-21H2,1-5H3,(H,45,54)(H,47,53,55)(H,42,43,44,46)/t27-/m1/s1. The molecule has 0 saturated carbocycles. The Balaban J connectivity index is 0.884. The van der Waals surface area contributed by atoms with Crippen LogP contribution in [0.15, 0.2) is 77.7 Å². The van der Waals surface area contributed by atoms with E-state index in [1.807, 2.05) is 83.3 Å². The minimum atomic E-state index is -0.417. The summed E-state index contributed by atoms with van der Waals surface area (Å²) in [6, 6.07) is 19.3. The third-order valence-electron chi connectivity index (χ3n) is 10.1. The van der Waals surface area contributed by atoms with Crippen molar-refractivity contribution in [2.75, 3.05) is 54.4 Å². The summed E-state index contributed by atoms with van der Waals surface area (Å²) < 4.78 is 5.21. The molecule has 2 aliphatic rings. The Labute approximate surface area is 325 Å². The molecular formula is C41H47N11O4. The van der Waals surface area contributed by atoms with Crippen LogP contribution in [0.4, 0.5) is 27.8 Å². The Morgan fingerprint density at radius 1 is 0.911 bits per heavy atom. The molecule has 3 aromatic heterocycles. The molecule has 56 heavy (non-hydrogen) atoms. The molecule has 5 aromatic rings. The van der Waals surface area contributed by atoms with Crippen LogP contribution in [-0.4, -0.2) is 87.1 Å². The Morgan fingerprint density at radius 2 is 1.68 bits per heavy atom. The van der Waals surface area contributed by atoms with Gasteiger partial charge < -0.3 is 20.1 Å². The number of nitrogens with zero attached hydrogens (tertiary/aromatic N) is 8. The van der Waals surface area contributed by atoms with Crippen molar-refractivity contribution in [3.8, 4) is 11.3 Å². The van der Waals surface area contributed by atoms with Gasteiger partial charge in [0, 0.05) is 68.4 Å². The lowest BCUT2D eigenvalue weighted by Crippen LogP contribution is -2.49. The number of hydrogen-bond acceptors (Lipinski definition) is 12. The summed E-state index contributed by atoms with van der Waals surface area (Å²) in [5.74, 6) is 1.09. The summed E-state index contributed by atoms with van der Waals surface area (Å²) in [4.78, 5) is 60.7. The monoisotopic (exact) mass is 757 g/mol. The van der Waals surface area contributed by atoms with Gasteiger partial charge in [-0.15, -0.1) is 0 Å². The van der Waals surface area contributed by atoms with E-state index >= 15 is 0 Å². The van der Waals surface area contributed by atoms with Crippen molar-refractivity contribution in [2.24, 2.45) is 0 Å². The molecule has 2 saturated heterocycles. The number of piperazine rings is 1. The number of hydrogen-bond donors (Lipinski definition) is 3. The quantitative estimate of drug-likeness (QED) is 0.153. The second-order valence-electron chi connectivity index (χ2n) is 15.3. The molecule has 5 heterocycles. The van der Waals surface area contributed by atoms with E-state index in [2.05, 4.69) is 69.0 Å². The summed E-state index contributed by atoms with van der Waals surface area (Å²) in [6.45, 7) is 14.9. The average Bonchev–Trinajstić information content (AvgIpc) is 3.70. The number of aryl methyl sites for hydroxylation is 1. The number of rotatable bonds is 11. The maximum Gasteiger partial charge on any atom is 0.328 e. The number of benzene rings is 2. The van der Waals surface area contributed by atoms with E-state index in [1.165, 1.54) is 11.9 Å². The number of pyridine rings is 1. The van der Waals surface area contributed by atoms with Crippen LogP contribution in [0.3, 0.4) is 0 Å². The average molecular weight is 758 g/mol. The summed E-state index contributed by atoms with van der Waals surface area (Å²) >= 11 is 0. The molecule has 0 unspecified atom stereocenters. The van der Waals surface area contributed by atoms with Gasteiger partial charge in [-0.3, -0.25) is 24.7 Å². The Kier molecular flexibility index (Phi) is 11.0. The predicted molar refractivity (Wildman–Crippen MR) is 213 cm³/mol. The van der Waals surface area contributed by atoms with Gasteiger partial charge in [-0.2, -0.15) is 4.98 Å². The molecule has 15 heteroatoms. The highest BCUT2D eigenvalue weighted by Gasteiger charge is 2.26. The van der Waals surface area contributed by atoms with Gasteiger partial charge in [-0.05, 0) is 67.3 Å². The second kappa shape index (κ2) is 16.3. The highest BCUT2D eigenvalue weighted by molar-refractivity contribution is 6.05. The topological polar surface area (TPSA) is 175 Å². The zero-order valence-corrected chi connectivity index (χ0v) is 32.4. The highest BCUT2D eigenvalue weighted by Crippen LogP contribution is 2.27. The fraction of sp³-hybridized carbons (Fsp3) is 0.366. The van der Waals surface area contributed by atoms with E-state index in [4.69, 9.17) is 4.52 Å². The van der Waals surface area contributed by atoms with E-state index in [0.717, 1.165) is 72.9 Å². The van der Waals surface area contributed by atoms with Gasteiger partial charge in [0.05, 0.1) is 23.6 Å². The fourth-order valence-electron chi connectivity index (χ4n) is 6.81. The maximum atomic E-state index is 12.8. The van der Waals surface area contributed by atoms with Crippen molar-refractivity contribution in [1.29, 1.82) is 0 Å². The number of amides is 4. The molecule has 0 spiro atoms. The lowest BCUT2D eigenvalue weighted by Gasteiger charge is -2.36. The van der Waals surface area contributed by atoms with Gasteiger partial charge in [0.2, 0.25) is 5.91 Å². The first kappa shape index (κ1) is 38.1. The Hall–Kier alpha value is -6.22. The molecule has 0 radical (unpaired) electrons. The molecule has 7 rings (SSSR count). The van der Waals surface area contributed by atoms with Crippen LogP contribution >= 0.6 is 0 Å². The first-order valence-corrected chi connectivity index (χ1v) is 18.9. The lowest BCUT2D eigenvalue weighted by atomic mass is 9.96. The van der Waals surface area contributed by atoms with Crippen molar-refractivity contribution in [2.45, 2.75) is 58.9 Å². The predicted octanol–water partition coefficient (Wildman–Crippen LogP) is 5.57. The summed E-state index contributed by atoms with van der Waals surface area (Å²) in [5.41, 5.74) is 6.41. The van der Waals surface area contributed by atoms with Crippen molar-refractivity contribution >= 4 is 40.9 Å². The lowest BCUT2D eigenvalue weighted by molar-refractivity contribution is -0.120. The smallest absolute Gasteiger partial charge is 0.328 e. The largest absolute Gasteiger partial charge is 0.368 e. The fourth-order valence-corrected chi connectivity index (χ4v) is 6.81. The van der Waals surface area contributed by atoms with Crippen LogP contribution in [0.1, 0.15) is 73.4 Å². The highest BCUT2D eigenvalue weighted by atomic mass is 16.5. The molecule has 2 aromatic carbocycles. The van der Waals surface area contributed by atoms with E-state index < -0.39 is 5.91 Å². The number of anilines is 4. The van der Waals surface area contributed by atoms with E-state index in [9.17, 15) is 14.4 Å². The third-order valence-corrected chi connectivity index (χ3v) is 10.1. The molecule has 0 aliphatic carbocycles. The van der Waals surface area contributed by atoms with Gasteiger partial charge in [0.1, 0.15) is 18.0 Å². The number of carbonyl (C=O) groups is 3. The van der Waals surface area contributed by atoms with Gasteiger partial charge >= 0.3 is 17.8 Å². The summed E-state index contributed by atoms with van der Waals surface area (Å²) in [7, 11) is 0. The third kappa shape index (κ3) is 9.00. The molecule has 2 fully saturated rings. The first-order valence-electron chi connectivity index (χ1n) is 18.9. The summed E-state index contributed by atoms with van der Waals surface area (Å²) in [6.07, 6.45) is 4.66. The van der Waals surface area contributed by atoms with Crippen molar-refractivity contribution in [1.82, 2.24) is 40.6 Å². The van der Waals surface area contributed by atoms with Gasteiger partial charge in [-0.25, -0.2) is 19.7 Å². The maximum absolute atomic E-state index is 12.8. The number of imide groups is 1. The number of nitrogens with one attached hydrogen (secondary N) is 3. The SMILES string of the molecule is Cc1cc(-c2cc(Nc3ccc(N4CCN(CCc5ccc(N6CCC(=O)NC6=O)cc5)CC4)cn3)ncn2)ccc1[C@@H](C)NC(=O)c1nc(C(C)(C)C)no1. The van der Waals surface area contributed by atoms with Crippen LogP contribution in [0.25, 0.3) is 11.3 Å². The van der Waals surface area contributed by atoms with E-state index in [-0.39, 0.29) is 29.3 Å². The van der Waals surface area contributed by atoms with Crippen LogP contribution in [-0.2, 0) is 16.6 Å².